The highest BCUT2D eigenvalue weighted by Gasteiger charge is 2.37. The van der Waals surface area contributed by atoms with Crippen LogP contribution in [0.1, 0.15) is 45.5 Å². The number of rotatable bonds is 11. The Hall–Kier alpha value is -4.80. The molecule has 2 aliphatic heterocycles. The molecular formula is C41H48N2O8. The fourth-order valence-corrected chi connectivity index (χ4v) is 8.20. The molecule has 2 atom stereocenters. The van der Waals surface area contributed by atoms with E-state index >= 15 is 0 Å². The van der Waals surface area contributed by atoms with E-state index in [-0.39, 0.29) is 12.1 Å². The molecule has 0 radical (unpaired) electrons. The summed E-state index contributed by atoms with van der Waals surface area (Å²) in [5, 5.41) is 0. The van der Waals surface area contributed by atoms with Crippen LogP contribution >= 0.6 is 0 Å². The zero-order valence-corrected chi connectivity index (χ0v) is 31.1. The van der Waals surface area contributed by atoms with Crippen molar-refractivity contribution < 1.29 is 37.9 Å². The molecule has 0 N–H and O–H groups in total. The Morgan fingerprint density at radius 2 is 1.12 bits per heavy atom. The zero-order valence-electron chi connectivity index (χ0n) is 31.1. The lowest BCUT2D eigenvalue weighted by molar-refractivity contribution is 0.226. The van der Waals surface area contributed by atoms with E-state index in [4.69, 9.17) is 37.9 Å². The van der Waals surface area contributed by atoms with Gasteiger partial charge in [-0.2, -0.15) is 0 Å². The number of nitrogens with zero attached hydrogens (tertiary/aromatic N) is 2. The van der Waals surface area contributed by atoms with Crippen LogP contribution in [0.2, 0.25) is 0 Å². The second-order valence-electron chi connectivity index (χ2n) is 13.4. The van der Waals surface area contributed by atoms with Crippen LogP contribution in [0.4, 0.5) is 0 Å². The van der Waals surface area contributed by atoms with E-state index in [1.165, 1.54) is 22.3 Å². The summed E-state index contributed by atoms with van der Waals surface area (Å²) >= 11 is 0. The molecule has 10 heteroatoms. The average molecular weight is 697 g/mol. The maximum atomic E-state index is 6.92. The minimum atomic E-state index is 0.0504. The molecule has 0 unspecified atom stereocenters. The molecule has 2 heterocycles. The lowest BCUT2D eigenvalue weighted by Gasteiger charge is -2.40. The van der Waals surface area contributed by atoms with Gasteiger partial charge < -0.3 is 37.9 Å². The van der Waals surface area contributed by atoms with Crippen LogP contribution < -0.4 is 37.9 Å². The molecule has 0 saturated heterocycles. The molecule has 4 aromatic rings. The first kappa shape index (κ1) is 34.6. The summed E-state index contributed by atoms with van der Waals surface area (Å²) in [5.41, 5.74) is 9.31. The second-order valence-corrected chi connectivity index (χ2v) is 13.4. The number of hydrogen-bond donors (Lipinski definition) is 0. The number of hydrogen-bond acceptors (Lipinski definition) is 10. The van der Waals surface area contributed by atoms with Crippen LogP contribution in [-0.2, 0) is 25.7 Å². The molecule has 0 spiro atoms. The van der Waals surface area contributed by atoms with E-state index in [1.807, 2.05) is 12.1 Å². The van der Waals surface area contributed by atoms with Crippen molar-refractivity contribution in [3.8, 4) is 62.9 Å². The van der Waals surface area contributed by atoms with Crippen LogP contribution in [-0.4, -0.2) is 86.8 Å². The smallest absolute Gasteiger partial charge is 0.169 e. The fourth-order valence-electron chi connectivity index (χ4n) is 8.20. The normalized spacial score (nSPS) is 17.8. The van der Waals surface area contributed by atoms with Gasteiger partial charge in [-0.1, -0.05) is 0 Å². The lowest BCUT2D eigenvalue weighted by atomic mass is 9.76. The fraction of sp³-hybridized carbons (Fsp3) is 0.415. The molecule has 0 aromatic heterocycles. The van der Waals surface area contributed by atoms with Crippen molar-refractivity contribution in [1.29, 1.82) is 0 Å². The molecule has 0 bridgehead atoms. The molecule has 0 fully saturated rings. The number of likely N-dealkylation sites (N-methyl/N-ethyl adjacent to an activating group) is 2. The minimum Gasteiger partial charge on any atom is -0.493 e. The first-order valence-corrected chi connectivity index (χ1v) is 17.3. The highest BCUT2D eigenvalue weighted by molar-refractivity contribution is 5.85. The Morgan fingerprint density at radius 3 is 1.80 bits per heavy atom. The van der Waals surface area contributed by atoms with Crippen molar-refractivity contribution >= 4 is 0 Å². The number of methoxy groups -OCH3 is 7. The van der Waals surface area contributed by atoms with Crippen LogP contribution in [0.15, 0.2) is 42.5 Å². The van der Waals surface area contributed by atoms with Gasteiger partial charge in [0.25, 0.3) is 0 Å². The second kappa shape index (κ2) is 14.1. The van der Waals surface area contributed by atoms with Gasteiger partial charge in [-0.25, -0.2) is 0 Å². The minimum absolute atomic E-state index is 0.0504. The number of ether oxygens (including phenoxy) is 8. The van der Waals surface area contributed by atoms with Gasteiger partial charge in [-0.05, 0) is 110 Å². The Balaban J connectivity index is 1.34. The zero-order chi connectivity index (χ0) is 36.0. The summed E-state index contributed by atoms with van der Waals surface area (Å²) < 4.78 is 47.8. The van der Waals surface area contributed by atoms with Crippen molar-refractivity contribution in [1.82, 2.24) is 9.80 Å². The third kappa shape index (κ3) is 5.94. The van der Waals surface area contributed by atoms with E-state index in [1.54, 1.807) is 49.8 Å². The van der Waals surface area contributed by atoms with Crippen LogP contribution in [0.25, 0.3) is 11.1 Å². The monoisotopic (exact) mass is 696 g/mol. The predicted octanol–water partition coefficient (Wildman–Crippen LogP) is 7.06. The number of benzene rings is 4. The molecular weight excluding hydrogens is 648 g/mol. The quantitative estimate of drug-likeness (QED) is 0.163. The molecule has 0 saturated carbocycles. The predicted molar refractivity (Wildman–Crippen MR) is 196 cm³/mol. The van der Waals surface area contributed by atoms with Gasteiger partial charge >= 0.3 is 0 Å². The van der Waals surface area contributed by atoms with E-state index < -0.39 is 0 Å². The third-order valence-electron chi connectivity index (χ3n) is 10.9. The van der Waals surface area contributed by atoms with E-state index in [9.17, 15) is 0 Å². The maximum Gasteiger partial charge on any atom is 0.169 e. The van der Waals surface area contributed by atoms with Crippen molar-refractivity contribution in [2.24, 2.45) is 0 Å². The van der Waals surface area contributed by atoms with Crippen LogP contribution in [0.3, 0.4) is 0 Å². The summed E-state index contributed by atoms with van der Waals surface area (Å²) in [5.74, 6) is 6.05. The molecule has 0 amide bonds. The SMILES string of the molecule is COc1cc(C[C@H]2c3cc(OC)c(OC)cc3CCN2C)c(Oc2cc3c(cc2OC)-c2c(OC)c(OC)cc4c2[C@@H](C3)N(C)CC4)cc1OC. The molecule has 1 aliphatic carbocycles. The Labute approximate surface area is 300 Å². The molecule has 4 aromatic carbocycles. The summed E-state index contributed by atoms with van der Waals surface area (Å²) in [6.45, 7) is 1.87. The topological polar surface area (TPSA) is 80.3 Å². The summed E-state index contributed by atoms with van der Waals surface area (Å²) in [6, 6.07) is 14.7. The maximum absolute atomic E-state index is 6.92. The highest BCUT2D eigenvalue weighted by Crippen LogP contribution is 2.54. The van der Waals surface area contributed by atoms with Crippen molar-refractivity contribution in [2.45, 2.75) is 37.8 Å². The van der Waals surface area contributed by atoms with Crippen LogP contribution in [0, 0.1) is 0 Å². The lowest BCUT2D eigenvalue weighted by Crippen LogP contribution is -2.35. The van der Waals surface area contributed by atoms with E-state index in [2.05, 4.69) is 54.2 Å². The molecule has 3 aliphatic rings. The first-order chi connectivity index (χ1) is 24.8. The van der Waals surface area contributed by atoms with Gasteiger partial charge in [0.15, 0.2) is 46.0 Å². The largest absolute Gasteiger partial charge is 0.493 e. The first-order valence-electron chi connectivity index (χ1n) is 17.3. The van der Waals surface area contributed by atoms with Gasteiger partial charge in [0.2, 0.25) is 0 Å². The van der Waals surface area contributed by atoms with Gasteiger partial charge in [-0.15, -0.1) is 0 Å². The standard InChI is InChI=1S/C41H48N2O8/c1-42-12-10-23-16-32(44-3)34(46-5)20-27(23)29(42)15-26-19-33(45-4)36(48-7)22-31(26)51-37-18-25-14-30-39-24(11-13-43(30)2)17-38(49-8)41(50-9)40(39)28(25)21-35(37)47-6/h16-22,29-30H,10-15H2,1-9H3/t29-,30+/m0/s1. The Morgan fingerprint density at radius 1 is 0.549 bits per heavy atom. The van der Waals surface area contributed by atoms with Crippen molar-refractivity contribution in [3.63, 3.8) is 0 Å². The van der Waals surface area contributed by atoms with Crippen molar-refractivity contribution in [3.05, 3.63) is 75.8 Å². The van der Waals surface area contributed by atoms with E-state index in [0.717, 1.165) is 71.9 Å². The van der Waals surface area contributed by atoms with Crippen molar-refractivity contribution in [2.75, 3.05) is 77.0 Å². The highest BCUT2D eigenvalue weighted by atomic mass is 16.5. The van der Waals surface area contributed by atoms with Gasteiger partial charge in [0.1, 0.15) is 5.75 Å². The summed E-state index contributed by atoms with van der Waals surface area (Å²) in [4.78, 5) is 4.81. The van der Waals surface area contributed by atoms with Gasteiger partial charge in [0, 0.05) is 42.4 Å². The Kier molecular flexibility index (Phi) is 9.56. The van der Waals surface area contributed by atoms with E-state index in [0.29, 0.717) is 40.9 Å². The summed E-state index contributed by atoms with van der Waals surface area (Å²) in [6.07, 6.45) is 3.35. The molecule has 7 rings (SSSR count). The summed E-state index contributed by atoms with van der Waals surface area (Å²) in [7, 11) is 16.1. The molecule has 51 heavy (non-hydrogen) atoms. The van der Waals surface area contributed by atoms with Gasteiger partial charge in [0.05, 0.1) is 49.8 Å². The Bertz CT molecular complexity index is 1960. The van der Waals surface area contributed by atoms with Gasteiger partial charge in [-0.3, -0.25) is 9.80 Å². The molecule has 10 nitrogen and oxygen atoms in total. The van der Waals surface area contributed by atoms with Crippen LogP contribution in [0.5, 0.6) is 51.7 Å². The average Bonchev–Trinajstić information content (AvgIpc) is 3.16. The third-order valence-corrected chi connectivity index (χ3v) is 10.9. The molecule has 270 valence electrons. The number of fused-ring (bicyclic) bond motifs is 3.